The monoisotopic (exact) mass is 183 g/mol. The Kier molecular flexibility index (Phi) is 4.79. The first-order valence-corrected chi connectivity index (χ1v) is 5.97. The van der Waals surface area contributed by atoms with Gasteiger partial charge in [0.1, 0.15) is 0 Å². The molecule has 1 aliphatic rings. The zero-order valence-electron chi connectivity index (χ0n) is 9.47. The number of rotatable bonds is 5. The Labute approximate surface area is 83.3 Å². The lowest BCUT2D eigenvalue weighted by molar-refractivity contribution is 0.355. The second kappa shape index (κ2) is 5.64. The second-order valence-electron chi connectivity index (χ2n) is 4.82. The van der Waals surface area contributed by atoms with E-state index >= 15 is 0 Å². The molecule has 1 aliphatic carbocycles. The summed E-state index contributed by atoms with van der Waals surface area (Å²) in [5, 5.41) is 3.71. The van der Waals surface area contributed by atoms with Crippen molar-refractivity contribution < 1.29 is 0 Å². The van der Waals surface area contributed by atoms with E-state index in [0.717, 1.165) is 17.9 Å². The van der Waals surface area contributed by atoms with Crippen LogP contribution in [0, 0.1) is 11.8 Å². The lowest BCUT2D eigenvalue weighted by atomic mass is 10.0. The Morgan fingerprint density at radius 3 is 2.31 bits per heavy atom. The summed E-state index contributed by atoms with van der Waals surface area (Å²) < 4.78 is 0. The van der Waals surface area contributed by atoms with Crippen molar-refractivity contribution in [2.75, 3.05) is 6.54 Å². The highest BCUT2D eigenvalue weighted by Gasteiger charge is 2.17. The van der Waals surface area contributed by atoms with Crippen LogP contribution in [0.15, 0.2) is 0 Å². The highest BCUT2D eigenvalue weighted by Crippen LogP contribution is 2.24. The summed E-state index contributed by atoms with van der Waals surface area (Å²) in [5.74, 6) is 1.76. The van der Waals surface area contributed by atoms with Crippen LogP contribution >= 0.6 is 0 Å². The highest BCUT2D eigenvalue weighted by atomic mass is 14.9. The maximum Gasteiger partial charge on any atom is 0.00875 e. The zero-order chi connectivity index (χ0) is 9.68. The normalized spacial score (nSPS) is 21.2. The van der Waals surface area contributed by atoms with Crippen LogP contribution in [0.25, 0.3) is 0 Å². The lowest BCUT2D eigenvalue weighted by Crippen LogP contribution is -2.36. The van der Waals surface area contributed by atoms with E-state index in [2.05, 4.69) is 26.1 Å². The van der Waals surface area contributed by atoms with Crippen molar-refractivity contribution in [2.24, 2.45) is 11.8 Å². The Bertz CT molecular complexity index is 125. The Morgan fingerprint density at radius 2 is 1.85 bits per heavy atom. The molecule has 1 saturated carbocycles. The second-order valence-corrected chi connectivity index (χ2v) is 4.82. The van der Waals surface area contributed by atoms with E-state index in [4.69, 9.17) is 0 Å². The van der Waals surface area contributed by atoms with Gasteiger partial charge in [0.25, 0.3) is 0 Å². The molecule has 1 fully saturated rings. The maximum absolute atomic E-state index is 3.71. The third kappa shape index (κ3) is 3.68. The van der Waals surface area contributed by atoms with Gasteiger partial charge >= 0.3 is 0 Å². The molecule has 0 aromatic carbocycles. The van der Waals surface area contributed by atoms with E-state index in [9.17, 15) is 0 Å². The molecule has 0 heterocycles. The first-order valence-electron chi connectivity index (χ1n) is 5.97. The van der Waals surface area contributed by atoms with E-state index in [1.165, 1.54) is 38.6 Å². The minimum atomic E-state index is 0.737. The summed E-state index contributed by atoms with van der Waals surface area (Å²) in [6, 6.07) is 0.737. The minimum Gasteiger partial charge on any atom is -0.313 e. The van der Waals surface area contributed by atoms with Gasteiger partial charge in [-0.25, -0.2) is 0 Å². The molecule has 0 bridgehead atoms. The average Bonchev–Trinajstić information content (AvgIpc) is 2.57. The van der Waals surface area contributed by atoms with Gasteiger partial charge in [0.2, 0.25) is 0 Å². The molecular weight excluding hydrogens is 158 g/mol. The number of nitrogens with one attached hydrogen (secondary N) is 1. The Morgan fingerprint density at radius 1 is 1.23 bits per heavy atom. The summed E-state index contributed by atoms with van der Waals surface area (Å²) in [7, 11) is 0. The van der Waals surface area contributed by atoms with Crippen molar-refractivity contribution in [1.82, 2.24) is 5.32 Å². The molecule has 1 atom stereocenters. The van der Waals surface area contributed by atoms with Crippen molar-refractivity contribution in [1.29, 1.82) is 0 Å². The van der Waals surface area contributed by atoms with Crippen LogP contribution in [-0.2, 0) is 0 Å². The van der Waals surface area contributed by atoms with E-state index in [0.29, 0.717) is 0 Å². The van der Waals surface area contributed by atoms with E-state index in [1.807, 2.05) is 0 Å². The van der Waals surface area contributed by atoms with Crippen LogP contribution in [0.5, 0.6) is 0 Å². The van der Waals surface area contributed by atoms with Gasteiger partial charge in [-0.15, -0.1) is 0 Å². The van der Waals surface area contributed by atoms with Crippen molar-refractivity contribution in [3.8, 4) is 0 Å². The Hall–Kier alpha value is -0.0400. The van der Waals surface area contributed by atoms with Crippen LogP contribution in [0.3, 0.4) is 0 Å². The molecule has 1 N–H and O–H groups in total. The van der Waals surface area contributed by atoms with Crippen LogP contribution in [0.2, 0.25) is 0 Å². The molecule has 0 aromatic rings. The van der Waals surface area contributed by atoms with Gasteiger partial charge in [-0.3, -0.25) is 0 Å². The van der Waals surface area contributed by atoms with E-state index < -0.39 is 0 Å². The quantitative estimate of drug-likeness (QED) is 0.690. The summed E-state index contributed by atoms with van der Waals surface area (Å²) in [6.07, 6.45) is 7.11. The molecule has 0 aromatic heterocycles. The largest absolute Gasteiger partial charge is 0.313 e. The molecule has 0 radical (unpaired) electrons. The van der Waals surface area contributed by atoms with Gasteiger partial charge in [0.05, 0.1) is 0 Å². The fourth-order valence-electron chi connectivity index (χ4n) is 2.38. The topological polar surface area (TPSA) is 12.0 Å². The van der Waals surface area contributed by atoms with E-state index in [1.54, 1.807) is 0 Å². The summed E-state index contributed by atoms with van der Waals surface area (Å²) in [6.45, 7) is 8.18. The lowest BCUT2D eigenvalue weighted by Gasteiger charge is -2.22. The molecule has 1 rings (SSSR count). The third-order valence-electron chi connectivity index (χ3n) is 3.39. The van der Waals surface area contributed by atoms with Crippen molar-refractivity contribution in [2.45, 2.75) is 58.9 Å². The van der Waals surface area contributed by atoms with Crippen LogP contribution < -0.4 is 5.32 Å². The van der Waals surface area contributed by atoms with Gasteiger partial charge in [-0.1, -0.05) is 33.6 Å². The SMILES string of the molecule is CCC(NCC1CCCC1)C(C)C. The fourth-order valence-corrected chi connectivity index (χ4v) is 2.38. The molecule has 1 heteroatoms. The smallest absolute Gasteiger partial charge is 0.00875 e. The van der Waals surface area contributed by atoms with Gasteiger partial charge in [-0.05, 0) is 37.6 Å². The molecule has 1 nitrogen and oxygen atoms in total. The zero-order valence-corrected chi connectivity index (χ0v) is 9.47. The summed E-state index contributed by atoms with van der Waals surface area (Å²) in [4.78, 5) is 0. The molecule has 0 aliphatic heterocycles. The molecule has 0 amide bonds. The van der Waals surface area contributed by atoms with Gasteiger partial charge < -0.3 is 5.32 Å². The van der Waals surface area contributed by atoms with Crippen molar-refractivity contribution in [3.63, 3.8) is 0 Å². The number of hydrogen-bond donors (Lipinski definition) is 1. The van der Waals surface area contributed by atoms with Crippen LogP contribution in [0.4, 0.5) is 0 Å². The third-order valence-corrected chi connectivity index (χ3v) is 3.39. The predicted octanol–water partition coefficient (Wildman–Crippen LogP) is 3.20. The first kappa shape index (κ1) is 11.0. The van der Waals surface area contributed by atoms with Crippen LogP contribution in [-0.4, -0.2) is 12.6 Å². The molecular formula is C12H25N. The van der Waals surface area contributed by atoms with E-state index in [-0.39, 0.29) is 0 Å². The summed E-state index contributed by atoms with van der Waals surface area (Å²) >= 11 is 0. The molecule has 13 heavy (non-hydrogen) atoms. The fraction of sp³-hybridized carbons (Fsp3) is 1.00. The van der Waals surface area contributed by atoms with Crippen LogP contribution in [0.1, 0.15) is 52.9 Å². The Balaban J connectivity index is 2.15. The minimum absolute atomic E-state index is 0.737. The number of hydrogen-bond acceptors (Lipinski definition) is 1. The predicted molar refractivity (Wildman–Crippen MR) is 58.9 cm³/mol. The molecule has 0 saturated heterocycles. The first-order chi connectivity index (χ1) is 6.24. The average molecular weight is 183 g/mol. The molecule has 0 spiro atoms. The van der Waals surface area contributed by atoms with Crippen molar-refractivity contribution >= 4 is 0 Å². The van der Waals surface area contributed by atoms with Crippen molar-refractivity contribution in [3.05, 3.63) is 0 Å². The standard InChI is InChI=1S/C12H25N/c1-4-12(10(2)3)13-9-11-7-5-6-8-11/h10-13H,4-9H2,1-3H3. The molecule has 1 unspecified atom stereocenters. The summed E-state index contributed by atoms with van der Waals surface area (Å²) in [5.41, 5.74) is 0. The maximum atomic E-state index is 3.71. The van der Waals surface area contributed by atoms with Gasteiger partial charge in [0, 0.05) is 6.04 Å². The molecule has 78 valence electrons. The van der Waals surface area contributed by atoms with Gasteiger partial charge in [0.15, 0.2) is 0 Å². The van der Waals surface area contributed by atoms with Gasteiger partial charge in [-0.2, -0.15) is 0 Å². The highest BCUT2D eigenvalue weighted by molar-refractivity contribution is 4.74.